The van der Waals surface area contributed by atoms with Gasteiger partial charge in [0.1, 0.15) is 5.69 Å². The quantitative estimate of drug-likeness (QED) is 0.483. The fourth-order valence-electron chi connectivity index (χ4n) is 2.02. The van der Waals surface area contributed by atoms with Gasteiger partial charge in [0, 0.05) is 12.7 Å². The van der Waals surface area contributed by atoms with Crippen molar-refractivity contribution in [3.05, 3.63) is 33.9 Å². The average Bonchev–Trinajstić information content (AvgIpc) is 2.75. The number of nitrogens with zero attached hydrogens (tertiary/aromatic N) is 1. The van der Waals surface area contributed by atoms with Crippen molar-refractivity contribution in [2.45, 2.75) is 18.9 Å². The predicted octanol–water partition coefficient (Wildman–Crippen LogP) is 1.09. The molecule has 2 rings (SSSR count). The summed E-state index contributed by atoms with van der Waals surface area (Å²) in [5.74, 6) is -0.422. The Morgan fingerprint density at radius 3 is 2.89 bits per heavy atom. The minimum atomic E-state index is -0.605. The van der Waals surface area contributed by atoms with Crippen LogP contribution in [-0.2, 0) is 4.74 Å². The molecule has 1 fully saturated rings. The van der Waals surface area contributed by atoms with Crippen LogP contribution in [0.15, 0.2) is 18.2 Å². The third-order valence-corrected chi connectivity index (χ3v) is 3.16. The number of carbonyl (C=O) groups is 1. The Bertz CT molecular complexity index is 524. The lowest BCUT2D eigenvalue weighted by Crippen LogP contribution is -2.46. The molecule has 1 saturated heterocycles. The van der Waals surface area contributed by atoms with Crippen molar-refractivity contribution >= 4 is 17.3 Å². The summed E-state index contributed by atoms with van der Waals surface area (Å²) in [5.41, 5.74) is 4.95. The molecule has 1 aromatic carbocycles. The number of hydrogen-bond donors (Lipinski definition) is 2. The van der Waals surface area contributed by atoms with Crippen molar-refractivity contribution in [1.29, 1.82) is 0 Å². The Morgan fingerprint density at radius 1 is 1.58 bits per heavy atom. The van der Waals surface area contributed by atoms with Crippen molar-refractivity contribution in [2.24, 2.45) is 0 Å². The van der Waals surface area contributed by atoms with E-state index in [4.69, 9.17) is 10.5 Å². The van der Waals surface area contributed by atoms with Gasteiger partial charge < -0.3 is 15.8 Å². The summed E-state index contributed by atoms with van der Waals surface area (Å²) < 4.78 is 5.23. The highest BCUT2D eigenvalue weighted by molar-refractivity contribution is 6.01. The van der Waals surface area contributed by atoms with E-state index in [2.05, 4.69) is 5.32 Å². The van der Waals surface area contributed by atoms with Crippen LogP contribution in [0.1, 0.15) is 23.7 Å². The Hall–Kier alpha value is -2.15. The molecule has 0 spiro atoms. The third-order valence-electron chi connectivity index (χ3n) is 3.16. The van der Waals surface area contributed by atoms with Crippen LogP contribution in [-0.4, -0.2) is 29.6 Å². The largest absolute Gasteiger partial charge is 0.393 e. The van der Waals surface area contributed by atoms with Crippen LogP contribution >= 0.6 is 0 Å². The van der Waals surface area contributed by atoms with E-state index in [1.54, 1.807) is 0 Å². The minimum Gasteiger partial charge on any atom is -0.393 e. The van der Waals surface area contributed by atoms with Crippen LogP contribution in [0.2, 0.25) is 0 Å². The normalized spacial score (nSPS) is 22.2. The highest BCUT2D eigenvalue weighted by Crippen LogP contribution is 2.26. The third kappa shape index (κ3) is 2.65. The van der Waals surface area contributed by atoms with Gasteiger partial charge in [-0.1, -0.05) is 6.07 Å². The van der Waals surface area contributed by atoms with Gasteiger partial charge in [-0.25, -0.2) is 0 Å². The number of rotatable bonds is 3. The average molecular weight is 265 g/mol. The molecule has 0 saturated carbocycles. The number of nitrogens with one attached hydrogen (secondary N) is 1. The number of para-hydroxylation sites is 1. The molecule has 0 aliphatic carbocycles. The zero-order valence-corrected chi connectivity index (χ0v) is 10.5. The van der Waals surface area contributed by atoms with Gasteiger partial charge in [-0.05, 0) is 19.4 Å². The second-order valence-electron chi connectivity index (χ2n) is 4.81. The number of nitrogens with two attached hydrogens (primary N) is 1. The van der Waals surface area contributed by atoms with E-state index < -0.39 is 16.4 Å². The number of nitrogen functional groups attached to an aromatic ring is 1. The Kier molecular flexibility index (Phi) is 3.39. The maximum Gasteiger partial charge on any atom is 0.292 e. The van der Waals surface area contributed by atoms with Gasteiger partial charge >= 0.3 is 0 Å². The van der Waals surface area contributed by atoms with Crippen LogP contribution < -0.4 is 11.1 Å². The molecule has 3 N–H and O–H groups in total. The van der Waals surface area contributed by atoms with Crippen molar-refractivity contribution < 1.29 is 14.5 Å². The standard InChI is InChI=1S/C12H15N3O4/c1-12(5-6-19-7-12)14-11(16)8-3-2-4-9(10(8)13)15(17)18/h2-4H,5-7,13H2,1H3,(H,14,16). The smallest absolute Gasteiger partial charge is 0.292 e. The highest BCUT2D eigenvalue weighted by atomic mass is 16.6. The number of benzene rings is 1. The van der Waals surface area contributed by atoms with E-state index >= 15 is 0 Å². The fourth-order valence-corrected chi connectivity index (χ4v) is 2.02. The van der Waals surface area contributed by atoms with Crippen LogP contribution in [0.4, 0.5) is 11.4 Å². The maximum atomic E-state index is 12.1. The molecule has 1 aliphatic rings. The SMILES string of the molecule is CC1(NC(=O)c2cccc([N+](=O)[O-])c2N)CCOC1. The summed E-state index contributed by atoms with van der Waals surface area (Å²) in [6.45, 7) is 2.88. The number of nitro groups is 1. The molecule has 0 aromatic heterocycles. The van der Waals surface area contributed by atoms with Crippen LogP contribution in [0.5, 0.6) is 0 Å². The fraction of sp³-hybridized carbons (Fsp3) is 0.417. The number of ether oxygens (including phenoxy) is 1. The molecule has 1 atom stereocenters. The minimum absolute atomic E-state index is 0.113. The number of anilines is 1. The Labute approximate surface area is 109 Å². The van der Waals surface area contributed by atoms with E-state index in [-0.39, 0.29) is 16.9 Å². The van der Waals surface area contributed by atoms with E-state index in [9.17, 15) is 14.9 Å². The summed E-state index contributed by atoms with van der Waals surface area (Å²) >= 11 is 0. The molecule has 0 bridgehead atoms. The second kappa shape index (κ2) is 4.85. The van der Waals surface area contributed by atoms with E-state index in [0.29, 0.717) is 19.6 Å². The lowest BCUT2D eigenvalue weighted by Gasteiger charge is -2.23. The van der Waals surface area contributed by atoms with Gasteiger partial charge in [0.2, 0.25) is 0 Å². The lowest BCUT2D eigenvalue weighted by atomic mass is 10.0. The molecule has 0 radical (unpaired) electrons. The number of carbonyl (C=O) groups excluding carboxylic acids is 1. The lowest BCUT2D eigenvalue weighted by molar-refractivity contribution is -0.383. The molecular formula is C12H15N3O4. The first kappa shape index (κ1) is 13.3. The first-order valence-corrected chi connectivity index (χ1v) is 5.86. The zero-order valence-electron chi connectivity index (χ0n) is 10.5. The van der Waals surface area contributed by atoms with Crippen molar-refractivity contribution in [3.63, 3.8) is 0 Å². The molecule has 1 unspecified atom stereocenters. The van der Waals surface area contributed by atoms with Gasteiger partial charge in [0.05, 0.1) is 22.6 Å². The van der Waals surface area contributed by atoms with E-state index in [0.717, 1.165) is 0 Å². The second-order valence-corrected chi connectivity index (χ2v) is 4.81. The van der Waals surface area contributed by atoms with Crippen molar-refractivity contribution in [2.75, 3.05) is 18.9 Å². The van der Waals surface area contributed by atoms with Gasteiger partial charge in [0.25, 0.3) is 11.6 Å². The van der Waals surface area contributed by atoms with Crippen LogP contribution in [0, 0.1) is 10.1 Å². The summed E-state index contributed by atoms with van der Waals surface area (Å²) in [5, 5.41) is 13.6. The van der Waals surface area contributed by atoms with Gasteiger partial charge in [0.15, 0.2) is 0 Å². The molecule has 7 heteroatoms. The summed E-state index contributed by atoms with van der Waals surface area (Å²) in [6, 6.07) is 4.18. The van der Waals surface area contributed by atoms with Crippen molar-refractivity contribution in [3.8, 4) is 0 Å². The monoisotopic (exact) mass is 265 g/mol. The topological polar surface area (TPSA) is 107 Å². The first-order valence-electron chi connectivity index (χ1n) is 5.86. The Balaban J connectivity index is 2.24. The summed E-state index contributed by atoms with van der Waals surface area (Å²) in [7, 11) is 0. The summed E-state index contributed by atoms with van der Waals surface area (Å²) in [6.07, 6.45) is 0.702. The molecule has 7 nitrogen and oxygen atoms in total. The molecule has 102 valence electrons. The zero-order chi connectivity index (χ0) is 14.0. The summed E-state index contributed by atoms with van der Waals surface area (Å²) in [4.78, 5) is 22.3. The molecule has 1 aromatic rings. The van der Waals surface area contributed by atoms with Crippen LogP contribution in [0.25, 0.3) is 0 Å². The molecule has 19 heavy (non-hydrogen) atoms. The number of hydrogen-bond acceptors (Lipinski definition) is 5. The van der Waals surface area contributed by atoms with Gasteiger partial charge in [-0.15, -0.1) is 0 Å². The van der Waals surface area contributed by atoms with Gasteiger partial charge in [-0.3, -0.25) is 14.9 Å². The highest BCUT2D eigenvalue weighted by Gasteiger charge is 2.32. The maximum absolute atomic E-state index is 12.1. The molecule has 1 aliphatic heterocycles. The molecular weight excluding hydrogens is 250 g/mol. The van der Waals surface area contributed by atoms with Crippen LogP contribution in [0.3, 0.4) is 0 Å². The van der Waals surface area contributed by atoms with Crippen molar-refractivity contribution in [1.82, 2.24) is 5.32 Å². The van der Waals surface area contributed by atoms with E-state index in [1.807, 2.05) is 6.92 Å². The number of nitro benzene ring substituents is 1. The predicted molar refractivity (Wildman–Crippen MR) is 68.8 cm³/mol. The number of amides is 1. The molecule has 1 heterocycles. The Morgan fingerprint density at radius 2 is 2.32 bits per heavy atom. The van der Waals surface area contributed by atoms with Gasteiger partial charge in [-0.2, -0.15) is 0 Å². The first-order chi connectivity index (χ1) is 8.93. The molecule has 1 amide bonds. The van der Waals surface area contributed by atoms with E-state index in [1.165, 1.54) is 18.2 Å².